The van der Waals surface area contributed by atoms with Gasteiger partial charge in [0.2, 0.25) is 0 Å². The van der Waals surface area contributed by atoms with E-state index in [-0.39, 0.29) is 17.8 Å². The smallest absolute Gasteiger partial charge is 0.308 e. The monoisotopic (exact) mass is 1180 g/mol. The van der Waals surface area contributed by atoms with Crippen LogP contribution in [-0.4, -0.2) is 78.3 Å². The summed E-state index contributed by atoms with van der Waals surface area (Å²) in [5, 5.41) is 14.6. The number of rotatable bonds is 7. The Bertz CT molecular complexity index is 2660. The fraction of sp³-hybridized carbons (Fsp3) is 0.345. The van der Waals surface area contributed by atoms with Crippen LogP contribution in [0.15, 0.2) is 155 Å². The first-order valence-electron chi connectivity index (χ1n) is 24.6. The number of aryl methyl sites for hydroxylation is 2. The van der Waals surface area contributed by atoms with Gasteiger partial charge in [-0.15, -0.1) is 0 Å². The molecule has 0 aliphatic carbocycles. The molecule has 0 spiro atoms. The molecule has 4 aliphatic rings. The zero-order valence-corrected chi connectivity index (χ0v) is 49.0. The molecule has 0 aromatic heterocycles. The minimum absolute atomic E-state index is 0.00921. The van der Waals surface area contributed by atoms with Crippen molar-refractivity contribution in [2.75, 3.05) is 63.7 Å². The SMILES string of the molecule is CBr.CBr.CC(C)C(=O)O.CCOC(=O)C(C)C.Cc1ccc(S(=O)(=O)N2CCc3ccccc32)cc1.Cc1ccc(S(=O)(=O)N2CCc3ccccc32)cc1.c1ccc2c(c1)CCN2.c1ccc2c(c1)CCN2. The highest BCUT2D eigenvalue weighted by Crippen LogP contribution is 2.34. The zero-order chi connectivity index (χ0) is 54.8. The molecule has 0 saturated heterocycles. The number of ether oxygens (including phenoxy) is 1. The van der Waals surface area contributed by atoms with Gasteiger partial charge in [-0.1, -0.05) is 168 Å². The Kier molecular flexibility index (Phi) is 27.0. The number of halogens is 2. The van der Waals surface area contributed by atoms with Crippen LogP contribution in [0, 0.1) is 25.7 Å². The summed E-state index contributed by atoms with van der Waals surface area (Å²) in [5.41, 5.74) is 11.5. The van der Waals surface area contributed by atoms with E-state index in [2.05, 4.69) is 95.8 Å². The summed E-state index contributed by atoms with van der Waals surface area (Å²) < 4.78 is 58.2. The molecule has 74 heavy (non-hydrogen) atoms. The number of carboxylic acids is 1. The van der Waals surface area contributed by atoms with Gasteiger partial charge in [0.15, 0.2) is 0 Å². The quantitative estimate of drug-likeness (QED) is 0.104. The molecule has 6 aromatic carbocycles. The molecule has 12 nitrogen and oxygen atoms in total. The molecule has 400 valence electrons. The van der Waals surface area contributed by atoms with Crippen LogP contribution in [0.3, 0.4) is 0 Å². The number of alkyl halides is 2. The first-order chi connectivity index (χ1) is 35.4. The minimum atomic E-state index is -3.44. The van der Waals surface area contributed by atoms with Gasteiger partial charge in [0.25, 0.3) is 20.0 Å². The van der Waals surface area contributed by atoms with Gasteiger partial charge in [0, 0.05) is 37.6 Å². The second kappa shape index (κ2) is 31.9. The molecular formula is C58H74Br2N4O8S2. The lowest BCUT2D eigenvalue weighted by atomic mass is 10.2. The molecule has 0 fully saturated rings. The molecule has 0 radical (unpaired) electrons. The van der Waals surface area contributed by atoms with Crippen LogP contribution < -0.4 is 19.2 Å². The Balaban J connectivity index is 0.000000243. The number of hydrogen-bond donors (Lipinski definition) is 3. The second-order valence-corrected chi connectivity index (χ2v) is 21.3. The highest BCUT2D eigenvalue weighted by atomic mass is 79.9. The first kappa shape index (κ1) is 62.6. The van der Waals surface area contributed by atoms with E-state index in [1.807, 2.05) is 112 Å². The number of anilines is 4. The van der Waals surface area contributed by atoms with E-state index in [0.717, 1.165) is 59.6 Å². The van der Waals surface area contributed by atoms with Crippen molar-refractivity contribution in [3.05, 3.63) is 179 Å². The second-order valence-electron chi connectivity index (χ2n) is 17.6. The van der Waals surface area contributed by atoms with Gasteiger partial charge in [-0.25, -0.2) is 16.8 Å². The number of sulfonamides is 2. The molecule has 10 rings (SSSR count). The molecular weight excluding hydrogens is 1100 g/mol. The maximum atomic E-state index is 12.6. The normalized spacial score (nSPS) is 12.9. The predicted molar refractivity (Wildman–Crippen MR) is 313 cm³/mol. The van der Waals surface area contributed by atoms with Gasteiger partial charge in [-0.3, -0.25) is 18.2 Å². The summed E-state index contributed by atoms with van der Waals surface area (Å²) in [5.74, 6) is 2.54. The van der Waals surface area contributed by atoms with Gasteiger partial charge >= 0.3 is 11.9 Å². The van der Waals surface area contributed by atoms with Crippen LogP contribution in [-0.2, 0) is 60.1 Å². The number of esters is 1. The zero-order valence-electron chi connectivity index (χ0n) is 44.1. The Morgan fingerprint density at radius 3 is 1.15 bits per heavy atom. The molecule has 0 bridgehead atoms. The van der Waals surface area contributed by atoms with Crippen molar-refractivity contribution >= 4 is 86.6 Å². The summed E-state index contributed by atoms with van der Waals surface area (Å²) >= 11 is 5.88. The van der Waals surface area contributed by atoms with E-state index < -0.39 is 26.0 Å². The van der Waals surface area contributed by atoms with Gasteiger partial charge in [0.1, 0.15) is 0 Å². The summed E-state index contributed by atoms with van der Waals surface area (Å²) in [6.07, 6.45) is 3.94. The summed E-state index contributed by atoms with van der Waals surface area (Å²) in [6.45, 7) is 16.4. The fourth-order valence-electron chi connectivity index (χ4n) is 7.58. The number of para-hydroxylation sites is 4. The Morgan fingerprint density at radius 2 is 0.851 bits per heavy atom. The summed E-state index contributed by atoms with van der Waals surface area (Å²) in [4.78, 5) is 20.9. The number of benzene rings is 6. The Morgan fingerprint density at radius 1 is 0.527 bits per heavy atom. The average molecular weight is 1180 g/mol. The summed E-state index contributed by atoms with van der Waals surface area (Å²) in [7, 11) is -6.87. The minimum Gasteiger partial charge on any atom is -0.481 e. The third-order valence-electron chi connectivity index (χ3n) is 11.6. The largest absolute Gasteiger partial charge is 0.481 e. The van der Waals surface area contributed by atoms with Crippen LogP contribution in [0.2, 0.25) is 0 Å². The van der Waals surface area contributed by atoms with E-state index in [4.69, 9.17) is 5.11 Å². The van der Waals surface area contributed by atoms with Gasteiger partial charge < -0.3 is 20.5 Å². The van der Waals surface area contributed by atoms with Crippen LogP contribution in [0.4, 0.5) is 22.7 Å². The molecule has 3 N–H and O–H groups in total. The molecule has 0 saturated carbocycles. The number of fused-ring (bicyclic) bond motifs is 4. The van der Waals surface area contributed by atoms with Crippen molar-refractivity contribution in [1.29, 1.82) is 0 Å². The lowest BCUT2D eigenvalue weighted by molar-refractivity contribution is -0.146. The van der Waals surface area contributed by atoms with Crippen molar-refractivity contribution in [2.45, 2.75) is 83.9 Å². The van der Waals surface area contributed by atoms with Crippen LogP contribution in [0.25, 0.3) is 0 Å². The van der Waals surface area contributed by atoms with Crippen LogP contribution in [0.5, 0.6) is 0 Å². The molecule has 0 amide bonds. The van der Waals surface area contributed by atoms with Gasteiger partial charge in [-0.05, 0) is 129 Å². The number of nitrogens with zero attached hydrogens (tertiary/aromatic N) is 2. The lowest BCUT2D eigenvalue weighted by Crippen LogP contribution is -2.29. The van der Waals surface area contributed by atoms with E-state index in [1.54, 1.807) is 45.0 Å². The number of carbonyl (C=O) groups is 2. The molecule has 0 atom stereocenters. The van der Waals surface area contributed by atoms with Gasteiger partial charge in [0.05, 0.1) is 39.6 Å². The maximum Gasteiger partial charge on any atom is 0.308 e. The Hall–Kier alpha value is -5.68. The van der Waals surface area contributed by atoms with E-state index in [0.29, 0.717) is 29.5 Å². The third kappa shape index (κ3) is 18.6. The highest BCUT2D eigenvalue weighted by molar-refractivity contribution is 9.09. The van der Waals surface area contributed by atoms with E-state index in [1.165, 1.54) is 44.0 Å². The Labute approximate surface area is 458 Å². The molecule has 16 heteroatoms. The maximum absolute atomic E-state index is 12.6. The first-order valence-corrected chi connectivity index (χ1v) is 30.6. The van der Waals surface area contributed by atoms with Crippen molar-refractivity contribution in [3.63, 3.8) is 0 Å². The van der Waals surface area contributed by atoms with Crippen LogP contribution in [0.1, 0.15) is 68.0 Å². The van der Waals surface area contributed by atoms with Crippen molar-refractivity contribution < 1.29 is 36.3 Å². The molecule has 4 heterocycles. The van der Waals surface area contributed by atoms with Crippen molar-refractivity contribution in [3.8, 4) is 0 Å². The summed E-state index contributed by atoms with van der Waals surface area (Å²) in [6, 6.07) is 46.3. The van der Waals surface area contributed by atoms with E-state index in [9.17, 15) is 26.4 Å². The van der Waals surface area contributed by atoms with Crippen molar-refractivity contribution in [2.24, 2.45) is 11.8 Å². The topological polar surface area (TPSA) is 162 Å². The average Bonchev–Trinajstić information content (AvgIpc) is 4.26. The standard InChI is InChI=1S/2C15H15NO2S.2C8H9N.C6H12O2.C4H8O2.2CH3Br/c2*1-12-6-8-14(9-7-12)19(17,18)16-11-10-13-4-2-3-5-15(13)16;2*1-2-4-8-7(3-1)5-6-9-8;1-4-8-6(7)5(2)3;1-3(2)4(5)6;2*1-2/h2*2-9H,10-11H2,1H3;2*1-4,9H,5-6H2;5H,4H2,1-3H3;3H,1-2H3,(H,5,6);2*1H3. The van der Waals surface area contributed by atoms with E-state index >= 15 is 0 Å². The number of nitrogens with one attached hydrogen (secondary N) is 2. The third-order valence-corrected chi connectivity index (χ3v) is 15.3. The van der Waals surface area contributed by atoms with Crippen LogP contribution >= 0.6 is 31.9 Å². The number of carboxylic acid groups (broad SMARTS) is 1. The molecule has 6 aromatic rings. The van der Waals surface area contributed by atoms with Crippen molar-refractivity contribution in [1.82, 2.24) is 0 Å². The number of aliphatic carboxylic acids is 1. The predicted octanol–water partition coefficient (Wildman–Crippen LogP) is 12.8. The fourth-order valence-corrected chi connectivity index (χ4v) is 10.6. The molecule has 4 aliphatic heterocycles. The highest BCUT2D eigenvalue weighted by Gasteiger charge is 2.31. The number of carbonyl (C=O) groups excluding carboxylic acids is 1. The van der Waals surface area contributed by atoms with Gasteiger partial charge in [-0.2, -0.15) is 0 Å². The number of hydrogen-bond acceptors (Lipinski definition) is 9. The molecule has 0 unspecified atom stereocenters. The lowest BCUT2D eigenvalue weighted by Gasteiger charge is -2.19.